The van der Waals surface area contributed by atoms with E-state index in [1.807, 2.05) is 0 Å². The van der Waals surface area contributed by atoms with Crippen LogP contribution in [0.3, 0.4) is 0 Å². The first-order valence-corrected chi connectivity index (χ1v) is 11.4. The number of aryl methyl sites for hydroxylation is 1. The van der Waals surface area contributed by atoms with Gasteiger partial charge >= 0.3 is 29.6 Å². The molecule has 0 unspecified atom stereocenters. The van der Waals surface area contributed by atoms with Crippen molar-refractivity contribution in [3.63, 3.8) is 0 Å². The third-order valence-electron chi connectivity index (χ3n) is 4.49. The zero-order valence-electron chi connectivity index (χ0n) is 16.4. The van der Waals surface area contributed by atoms with Crippen LogP contribution in [0, 0.1) is 6.92 Å². The number of carbonyl (C=O) groups excluding carboxylic acids is 1. The second-order valence-corrected chi connectivity index (χ2v) is 9.61. The van der Waals surface area contributed by atoms with Crippen molar-refractivity contribution < 1.29 is 52.4 Å². The summed E-state index contributed by atoms with van der Waals surface area (Å²) < 4.78 is 36.5. The Balaban J connectivity index is 0.00000320. The fraction of sp³-hybridized carbons (Fsp3) is 0.0952. The van der Waals surface area contributed by atoms with E-state index in [4.69, 9.17) is 0 Å². The summed E-state index contributed by atoms with van der Waals surface area (Å²) in [6.45, 7) is 3.36. The van der Waals surface area contributed by atoms with Gasteiger partial charge in [-0.2, -0.15) is 0 Å². The summed E-state index contributed by atoms with van der Waals surface area (Å²) in [6, 6.07) is 9.24. The number of Topliss-reactive ketones (excluding diaryl/α,β-unsaturated/α-hetero) is 1. The van der Waals surface area contributed by atoms with Crippen molar-refractivity contribution in [1.82, 2.24) is 0 Å². The van der Waals surface area contributed by atoms with Gasteiger partial charge in [-0.25, -0.2) is 8.42 Å². The topological polar surface area (TPSA) is 94.5 Å². The molecule has 2 aromatic rings. The third-order valence-corrected chi connectivity index (χ3v) is 6.57. The Kier molecular flexibility index (Phi) is 8.12. The molecule has 1 aliphatic carbocycles. The van der Waals surface area contributed by atoms with Crippen LogP contribution in [0.15, 0.2) is 73.5 Å². The van der Waals surface area contributed by atoms with Gasteiger partial charge in [0.1, 0.15) is 15.9 Å². The minimum atomic E-state index is -4.76. The Morgan fingerprint density at radius 3 is 2.27 bits per heavy atom. The average Bonchev–Trinajstić information content (AvgIpc) is 2.64. The number of carbonyl (C=O) groups is 1. The number of phenolic OH excluding ortho intramolecular Hbond substituents is 1. The molecule has 0 heterocycles. The summed E-state index contributed by atoms with van der Waals surface area (Å²) in [4.78, 5) is 11.8. The van der Waals surface area contributed by atoms with Crippen molar-refractivity contribution in [1.29, 1.82) is 0 Å². The van der Waals surface area contributed by atoms with Crippen LogP contribution in [-0.2, 0) is 14.9 Å². The van der Waals surface area contributed by atoms with Gasteiger partial charge in [-0.1, -0.05) is 18.2 Å². The Morgan fingerprint density at radius 2 is 1.70 bits per heavy atom. The zero-order valence-corrected chi connectivity index (χ0v) is 22.4. The van der Waals surface area contributed by atoms with Gasteiger partial charge in [0.05, 0.1) is 13.9 Å². The van der Waals surface area contributed by atoms with Crippen LogP contribution in [0.25, 0.3) is 5.57 Å². The van der Waals surface area contributed by atoms with E-state index in [1.54, 1.807) is 50.3 Å². The monoisotopic (exact) mass is 560 g/mol. The van der Waals surface area contributed by atoms with Gasteiger partial charge < -0.3 is 9.66 Å². The van der Waals surface area contributed by atoms with E-state index >= 15 is 0 Å². The maximum atomic E-state index is 12.2. The van der Waals surface area contributed by atoms with Crippen LogP contribution in [-0.4, -0.2) is 23.9 Å². The molecule has 0 amide bonds. The van der Waals surface area contributed by atoms with Crippen molar-refractivity contribution in [2.75, 3.05) is 0 Å². The fourth-order valence-electron chi connectivity index (χ4n) is 3.12. The van der Waals surface area contributed by atoms with Crippen molar-refractivity contribution in [3.8, 4) is 5.75 Å². The van der Waals surface area contributed by atoms with E-state index in [-0.39, 0.29) is 51.5 Å². The van der Waals surface area contributed by atoms with Crippen LogP contribution < -0.4 is 29.6 Å². The quantitative estimate of drug-likeness (QED) is 0.457. The number of benzene rings is 2. The third kappa shape index (κ3) is 5.07. The van der Waals surface area contributed by atoms with Crippen LogP contribution >= 0.6 is 31.9 Å². The molecular formula is C21H15Br2NaO5S. The second-order valence-electron chi connectivity index (χ2n) is 6.55. The zero-order chi connectivity index (χ0) is 21.5. The van der Waals surface area contributed by atoms with Gasteiger partial charge in [-0.3, -0.25) is 4.79 Å². The molecule has 0 spiro atoms. The van der Waals surface area contributed by atoms with E-state index < -0.39 is 10.1 Å². The molecule has 0 atom stereocenters. The van der Waals surface area contributed by atoms with Crippen molar-refractivity contribution in [3.05, 3.63) is 85.3 Å². The van der Waals surface area contributed by atoms with E-state index in [0.29, 0.717) is 36.8 Å². The molecule has 30 heavy (non-hydrogen) atoms. The average molecular weight is 562 g/mol. The van der Waals surface area contributed by atoms with Crippen LogP contribution in [0.1, 0.15) is 23.6 Å². The summed E-state index contributed by atoms with van der Waals surface area (Å²) >= 11 is 6.56. The first kappa shape index (κ1) is 25.3. The molecule has 0 aromatic heterocycles. The smallest absolute Gasteiger partial charge is 0.744 e. The minimum Gasteiger partial charge on any atom is -0.744 e. The van der Waals surface area contributed by atoms with Crippen molar-refractivity contribution in [2.45, 2.75) is 18.7 Å². The van der Waals surface area contributed by atoms with Crippen molar-refractivity contribution in [2.24, 2.45) is 0 Å². The van der Waals surface area contributed by atoms with Crippen molar-refractivity contribution >= 4 is 53.3 Å². The summed E-state index contributed by atoms with van der Waals surface area (Å²) in [5.41, 5.74) is 2.82. The largest absolute Gasteiger partial charge is 1.00 e. The Bertz CT molecular complexity index is 1200. The number of aromatic hydroxyl groups is 1. The number of halogens is 2. The molecule has 0 saturated carbocycles. The van der Waals surface area contributed by atoms with Gasteiger partial charge in [0.2, 0.25) is 0 Å². The molecule has 0 aliphatic heterocycles. The SMILES string of the molecule is CC1=C/C(=C(\c2cc(C)c(O)c(Br)c2)c2ccccc2S(=O)(=O)[O-])C=C(Br)C1=O.[Na+]. The minimum absolute atomic E-state index is 0. The molecule has 5 nitrogen and oxygen atoms in total. The summed E-state index contributed by atoms with van der Waals surface area (Å²) in [5, 5.41) is 10.1. The normalized spacial score (nSPS) is 15.8. The molecule has 2 aromatic carbocycles. The van der Waals surface area contributed by atoms with E-state index in [9.17, 15) is 22.9 Å². The molecule has 0 radical (unpaired) electrons. The van der Waals surface area contributed by atoms with Gasteiger partial charge in [0, 0.05) is 5.56 Å². The number of allylic oxidation sites excluding steroid dienone is 5. The standard InChI is InChI=1S/C21H16Br2O5S.Na/c1-11-7-13(9-16(22)20(11)24)19(14-8-12(2)21(25)17(23)10-14)15-5-3-4-6-18(15)29(26,27)28;/h3-10,24H,1-2H3,(H,26,27,28);/q;+1/p-1/b19-14-;. The molecule has 0 fully saturated rings. The molecule has 0 bridgehead atoms. The molecule has 3 rings (SSSR count). The van der Waals surface area contributed by atoms with Crippen LogP contribution in [0.5, 0.6) is 5.75 Å². The second kappa shape index (κ2) is 9.65. The van der Waals surface area contributed by atoms with Gasteiger partial charge in [-0.15, -0.1) is 0 Å². The summed E-state index contributed by atoms with van der Waals surface area (Å²) in [6.07, 6.45) is 3.24. The molecule has 0 saturated heterocycles. The summed E-state index contributed by atoms with van der Waals surface area (Å²) in [7, 11) is -4.76. The number of hydrogen-bond donors (Lipinski definition) is 1. The number of ketones is 1. The Morgan fingerprint density at radius 1 is 1.07 bits per heavy atom. The molecule has 150 valence electrons. The van der Waals surface area contributed by atoms with E-state index in [2.05, 4.69) is 31.9 Å². The molecule has 1 aliphatic rings. The molecule has 1 N–H and O–H groups in total. The Hall–Kier alpha value is -1.000. The maximum Gasteiger partial charge on any atom is 1.00 e. The fourth-order valence-corrected chi connectivity index (χ4v) is 4.93. The van der Waals surface area contributed by atoms with E-state index in [1.165, 1.54) is 12.1 Å². The molecular weight excluding hydrogens is 547 g/mol. The number of hydrogen-bond acceptors (Lipinski definition) is 5. The van der Waals surface area contributed by atoms with Crippen LogP contribution in [0.2, 0.25) is 0 Å². The Labute approximate surface area is 213 Å². The van der Waals surface area contributed by atoms with Crippen LogP contribution in [0.4, 0.5) is 0 Å². The number of phenols is 1. The van der Waals surface area contributed by atoms with Gasteiger partial charge in [-0.05, 0) is 104 Å². The van der Waals surface area contributed by atoms with E-state index in [0.717, 1.165) is 0 Å². The summed E-state index contributed by atoms with van der Waals surface area (Å²) in [5.74, 6) is -0.119. The number of rotatable bonds is 3. The predicted octanol–water partition coefficient (Wildman–Crippen LogP) is 1.98. The predicted molar refractivity (Wildman–Crippen MR) is 117 cm³/mol. The maximum absolute atomic E-state index is 12.2. The molecule has 9 heteroatoms. The van der Waals surface area contributed by atoms with Gasteiger partial charge in [0.15, 0.2) is 5.78 Å². The van der Waals surface area contributed by atoms with Gasteiger partial charge in [0.25, 0.3) is 0 Å². The first-order valence-electron chi connectivity index (χ1n) is 8.40. The first-order chi connectivity index (χ1) is 13.5.